The quantitative estimate of drug-likeness (QED) is 0.371. The highest BCUT2D eigenvalue weighted by molar-refractivity contribution is 4.88. The third-order valence-electron chi connectivity index (χ3n) is 8.38. The van der Waals surface area contributed by atoms with E-state index >= 15 is 0 Å². The van der Waals surface area contributed by atoms with Gasteiger partial charge in [-0.3, -0.25) is 0 Å². The van der Waals surface area contributed by atoms with Crippen molar-refractivity contribution in [1.82, 2.24) is 0 Å². The molecule has 2 aliphatic rings. The third kappa shape index (κ3) is 6.28. The highest BCUT2D eigenvalue weighted by Gasteiger charge is 2.38. The summed E-state index contributed by atoms with van der Waals surface area (Å²) in [6, 6.07) is 0. The standard InChI is InChI=1S/C25H48/c1-6-12-22(19(3)7-2)16-11-13-20(4)24-17-21(5)25(18-24)23-14-9-8-10-15-23/h19-25H,6-18H2,1-5H3. The van der Waals surface area contributed by atoms with Crippen LogP contribution in [0.15, 0.2) is 0 Å². The maximum Gasteiger partial charge on any atom is -0.0357 e. The Labute approximate surface area is 159 Å². The van der Waals surface area contributed by atoms with Crippen LogP contribution in [0.5, 0.6) is 0 Å². The van der Waals surface area contributed by atoms with E-state index in [0.717, 1.165) is 41.4 Å². The van der Waals surface area contributed by atoms with Gasteiger partial charge in [0, 0.05) is 0 Å². The molecule has 0 saturated heterocycles. The number of hydrogen-bond acceptors (Lipinski definition) is 0. The minimum Gasteiger partial charge on any atom is -0.0654 e. The number of rotatable bonds is 10. The predicted molar refractivity (Wildman–Crippen MR) is 113 cm³/mol. The van der Waals surface area contributed by atoms with Gasteiger partial charge in [0.1, 0.15) is 0 Å². The van der Waals surface area contributed by atoms with Crippen LogP contribution in [0.4, 0.5) is 0 Å². The normalized spacial score (nSPS) is 31.8. The second-order valence-corrected chi connectivity index (χ2v) is 10.1. The third-order valence-corrected chi connectivity index (χ3v) is 8.38. The molecule has 0 aromatic heterocycles. The first-order valence-corrected chi connectivity index (χ1v) is 12.1. The molecule has 0 nitrogen and oxygen atoms in total. The topological polar surface area (TPSA) is 0 Å². The lowest BCUT2D eigenvalue weighted by molar-refractivity contribution is 0.205. The van der Waals surface area contributed by atoms with E-state index in [0.29, 0.717) is 0 Å². The van der Waals surface area contributed by atoms with Crippen LogP contribution < -0.4 is 0 Å². The average Bonchev–Trinajstić information content (AvgIpc) is 3.02. The molecule has 6 unspecified atom stereocenters. The van der Waals surface area contributed by atoms with Gasteiger partial charge in [-0.25, -0.2) is 0 Å². The van der Waals surface area contributed by atoms with Crippen molar-refractivity contribution in [3.05, 3.63) is 0 Å². The average molecular weight is 349 g/mol. The molecule has 148 valence electrons. The van der Waals surface area contributed by atoms with Crippen molar-refractivity contribution in [2.45, 2.75) is 118 Å². The van der Waals surface area contributed by atoms with E-state index in [1.807, 2.05) is 0 Å². The first-order chi connectivity index (χ1) is 12.1. The fourth-order valence-corrected chi connectivity index (χ4v) is 6.37. The van der Waals surface area contributed by atoms with Crippen molar-refractivity contribution >= 4 is 0 Å². The van der Waals surface area contributed by atoms with Crippen molar-refractivity contribution in [3.63, 3.8) is 0 Å². The predicted octanol–water partition coefficient (Wildman–Crippen LogP) is 8.50. The Morgan fingerprint density at radius 2 is 1.60 bits per heavy atom. The van der Waals surface area contributed by atoms with E-state index in [1.54, 1.807) is 19.3 Å². The zero-order chi connectivity index (χ0) is 18.2. The fraction of sp³-hybridized carbons (Fsp3) is 1.00. The molecule has 0 heteroatoms. The highest BCUT2D eigenvalue weighted by atomic mass is 14.4. The summed E-state index contributed by atoms with van der Waals surface area (Å²) >= 11 is 0. The molecule has 0 spiro atoms. The first-order valence-electron chi connectivity index (χ1n) is 12.1. The lowest BCUT2D eigenvalue weighted by atomic mass is 9.75. The van der Waals surface area contributed by atoms with Crippen molar-refractivity contribution in [1.29, 1.82) is 0 Å². The van der Waals surface area contributed by atoms with Gasteiger partial charge in [0.2, 0.25) is 0 Å². The van der Waals surface area contributed by atoms with Crippen LogP contribution in [-0.2, 0) is 0 Å². The Morgan fingerprint density at radius 3 is 2.24 bits per heavy atom. The van der Waals surface area contributed by atoms with Crippen LogP contribution in [0.1, 0.15) is 118 Å². The molecule has 0 bridgehead atoms. The first kappa shape index (κ1) is 21.3. The van der Waals surface area contributed by atoms with Crippen molar-refractivity contribution in [2.24, 2.45) is 41.4 Å². The molecule has 2 saturated carbocycles. The molecule has 0 heterocycles. The Morgan fingerprint density at radius 1 is 0.880 bits per heavy atom. The SMILES string of the molecule is CCCC(CCCC(C)C1CC(C)C(C2CCCCC2)C1)C(C)CC. The minimum atomic E-state index is 0.928. The largest absolute Gasteiger partial charge is 0.0654 e. The van der Waals surface area contributed by atoms with E-state index < -0.39 is 0 Å². The second kappa shape index (κ2) is 11.0. The molecule has 2 rings (SSSR count). The molecular formula is C25H48. The van der Waals surface area contributed by atoms with Gasteiger partial charge in [0.15, 0.2) is 0 Å². The van der Waals surface area contributed by atoms with E-state index in [1.165, 1.54) is 64.2 Å². The Hall–Kier alpha value is 0. The summed E-state index contributed by atoms with van der Waals surface area (Å²) in [5.41, 5.74) is 0. The summed E-state index contributed by atoms with van der Waals surface area (Å²) in [5.74, 6) is 7.08. The van der Waals surface area contributed by atoms with Gasteiger partial charge in [0.25, 0.3) is 0 Å². The van der Waals surface area contributed by atoms with Gasteiger partial charge in [-0.2, -0.15) is 0 Å². The monoisotopic (exact) mass is 348 g/mol. The van der Waals surface area contributed by atoms with Gasteiger partial charge in [-0.05, 0) is 54.3 Å². The zero-order valence-corrected chi connectivity index (χ0v) is 18.2. The zero-order valence-electron chi connectivity index (χ0n) is 18.2. The molecule has 0 radical (unpaired) electrons. The molecular weight excluding hydrogens is 300 g/mol. The molecule has 6 atom stereocenters. The molecule has 0 aromatic carbocycles. The number of hydrogen-bond donors (Lipinski definition) is 0. The maximum atomic E-state index is 2.58. The second-order valence-electron chi connectivity index (χ2n) is 10.1. The van der Waals surface area contributed by atoms with Gasteiger partial charge < -0.3 is 0 Å². The van der Waals surface area contributed by atoms with Gasteiger partial charge in [-0.1, -0.05) is 105 Å². The lowest BCUT2D eigenvalue weighted by Gasteiger charge is -2.30. The van der Waals surface area contributed by atoms with Gasteiger partial charge in [0.05, 0.1) is 0 Å². The van der Waals surface area contributed by atoms with Crippen LogP contribution in [0.25, 0.3) is 0 Å². The summed E-state index contributed by atoms with van der Waals surface area (Å²) in [6.45, 7) is 12.4. The Kier molecular flexibility index (Phi) is 9.36. The molecule has 0 aliphatic heterocycles. The summed E-state index contributed by atoms with van der Waals surface area (Å²) in [5, 5.41) is 0. The van der Waals surface area contributed by atoms with Crippen LogP contribution in [0.3, 0.4) is 0 Å². The van der Waals surface area contributed by atoms with E-state index in [-0.39, 0.29) is 0 Å². The van der Waals surface area contributed by atoms with Crippen LogP contribution in [0, 0.1) is 41.4 Å². The smallest absolute Gasteiger partial charge is 0.0357 e. The summed E-state index contributed by atoms with van der Waals surface area (Å²) in [6.07, 6.45) is 19.4. The fourth-order valence-electron chi connectivity index (χ4n) is 6.37. The van der Waals surface area contributed by atoms with Crippen molar-refractivity contribution < 1.29 is 0 Å². The lowest BCUT2D eigenvalue weighted by Crippen LogP contribution is -2.20. The Balaban J connectivity index is 1.74. The van der Waals surface area contributed by atoms with Crippen LogP contribution >= 0.6 is 0 Å². The van der Waals surface area contributed by atoms with E-state index in [2.05, 4.69) is 34.6 Å². The maximum absolute atomic E-state index is 2.58. The molecule has 0 amide bonds. The van der Waals surface area contributed by atoms with E-state index in [9.17, 15) is 0 Å². The van der Waals surface area contributed by atoms with Crippen LogP contribution in [-0.4, -0.2) is 0 Å². The van der Waals surface area contributed by atoms with Crippen LogP contribution in [0.2, 0.25) is 0 Å². The molecule has 2 aliphatic carbocycles. The van der Waals surface area contributed by atoms with Crippen molar-refractivity contribution in [2.75, 3.05) is 0 Å². The van der Waals surface area contributed by atoms with Gasteiger partial charge in [-0.15, -0.1) is 0 Å². The minimum absolute atomic E-state index is 0.928. The molecule has 0 N–H and O–H groups in total. The Bertz CT molecular complexity index is 340. The molecule has 25 heavy (non-hydrogen) atoms. The molecule has 2 fully saturated rings. The molecule has 0 aromatic rings. The highest BCUT2D eigenvalue weighted by Crippen LogP contribution is 2.48. The van der Waals surface area contributed by atoms with Gasteiger partial charge >= 0.3 is 0 Å². The summed E-state index contributed by atoms with van der Waals surface area (Å²) in [4.78, 5) is 0. The van der Waals surface area contributed by atoms with Crippen molar-refractivity contribution in [3.8, 4) is 0 Å². The van der Waals surface area contributed by atoms with E-state index in [4.69, 9.17) is 0 Å². The summed E-state index contributed by atoms with van der Waals surface area (Å²) in [7, 11) is 0. The summed E-state index contributed by atoms with van der Waals surface area (Å²) < 4.78 is 0.